The Hall–Kier alpha value is -8.45. The lowest BCUT2D eigenvalue weighted by molar-refractivity contribution is -0.148. The number of carbonyl (C=O) groups is 3. The molecule has 3 saturated carbocycles. The molecule has 15 heteroatoms. The number of aromatic hydroxyl groups is 3. The van der Waals surface area contributed by atoms with E-state index in [1.807, 2.05) is 18.2 Å². The predicted octanol–water partition coefficient (Wildman–Crippen LogP) is 14.8. The highest BCUT2D eigenvalue weighted by atomic mass is 16.5. The number of anilines is 1. The van der Waals surface area contributed by atoms with Crippen molar-refractivity contribution in [3.8, 4) is 46.3 Å². The van der Waals surface area contributed by atoms with Gasteiger partial charge in [-0.2, -0.15) is 0 Å². The van der Waals surface area contributed by atoms with Crippen LogP contribution in [0.15, 0.2) is 139 Å². The number of phenols is 3. The second kappa shape index (κ2) is 26.3. The third-order valence-electron chi connectivity index (χ3n) is 23.4. The van der Waals surface area contributed by atoms with E-state index in [1.54, 1.807) is 24.3 Å². The number of phenolic OH excluding ortho intramolecular Hbond substituents is 3. The first-order valence-electron chi connectivity index (χ1n) is 34.8. The van der Waals surface area contributed by atoms with E-state index >= 15 is 4.79 Å². The van der Waals surface area contributed by atoms with Crippen LogP contribution in [-0.4, -0.2) is 85.5 Å². The van der Waals surface area contributed by atoms with Crippen molar-refractivity contribution in [3.05, 3.63) is 172 Å². The number of nitrogens with zero attached hydrogens (tertiary/aromatic N) is 2. The molecule has 0 radical (unpaired) electrons. The van der Waals surface area contributed by atoms with Crippen LogP contribution >= 0.6 is 0 Å². The van der Waals surface area contributed by atoms with E-state index < -0.39 is 35.0 Å². The van der Waals surface area contributed by atoms with Crippen LogP contribution in [0.1, 0.15) is 187 Å². The quantitative estimate of drug-likeness (QED) is 0.0424. The standard InChI is InChI=1S/C80H90N4O11/c1-49-11-6-16-57-17-8-21-63-65-46-81-45-56(65)43-80(49,57)29-25-62(94-50(2)86)40-60(89)41-68(55-36-71(91)76(72(37-55)93-3)95-61-20-9-19-59(88)39-61)84-47-66-67(23-22-64-75(66)69(84)44-79(77(64)92)31-30-78(48-79)28-24-51(42-78)12-10-34-85)83(33-27-70(90)52-13-4-5-14-52)73-38-54(26-32-82-73)74(63)53-15-7-18-58(87)35-53/h6-7,9,11,15-16,18-20,22-23,26,35-39,45-47,49,51-52,62-63,68,74,77,81-82,85,87-88,91-92H,4-5,10,12-14,17,24-25,27-34,40-44,48H2,1-3H3/t49-,51-,62+,63-,68+,74+,77+,78+,79-,80-/m0/s1. The molecule has 4 heterocycles. The van der Waals surface area contributed by atoms with Crippen LogP contribution in [0.25, 0.3) is 10.8 Å². The predicted molar refractivity (Wildman–Crippen MR) is 365 cm³/mol. The van der Waals surface area contributed by atoms with E-state index in [2.05, 4.69) is 106 Å². The van der Waals surface area contributed by atoms with Gasteiger partial charge in [-0.25, -0.2) is 0 Å². The molecular formula is C80H90N4O11. The number of hydrogen-bond donors (Lipinski definition) is 7. The number of rotatable bonds is 13. The number of fused-ring (bicyclic) bond motifs is 3. The number of ketones is 2. The summed E-state index contributed by atoms with van der Waals surface area (Å²) in [5, 5.41) is 63.1. The number of aliphatic hydroxyl groups excluding tert-OH is 2. The van der Waals surface area contributed by atoms with E-state index in [4.69, 9.17) is 14.2 Å². The van der Waals surface area contributed by atoms with Gasteiger partial charge in [-0.1, -0.05) is 85.7 Å². The molecule has 2 aliphatic heterocycles. The molecule has 0 amide bonds. The maximum absolute atomic E-state index is 15.8. The summed E-state index contributed by atoms with van der Waals surface area (Å²) in [5.74, 6) is 8.05. The zero-order chi connectivity index (χ0) is 65.8. The van der Waals surface area contributed by atoms with Gasteiger partial charge in [0, 0.05) is 116 Å². The summed E-state index contributed by atoms with van der Waals surface area (Å²) in [6.45, 7) is 4.60. The van der Waals surface area contributed by atoms with Gasteiger partial charge >= 0.3 is 5.97 Å². The molecule has 7 N–H and O–H groups in total. The molecule has 6 aromatic rings. The molecule has 2 aromatic heterocycles. The highest BCUT2D eigenvalue weighted by Crippen LogP contribution is 2.66. The number of hydrogen-bond acceptors (Lipinski definition) is 13. The Kier molecular flexibility index (Phi) is 17.7. The Balaban J connectivity index is 0.994. The van der Waals surface area contributed by atoms with Gasteiger partial charge in [0.1, 0.15) is 40.7 Å². The minimum absolute atomic E-state index is 0.0166. The number of esters is 1. The minimum atomic E-state index is -0.832. The fraction of sp³-hybridized carbons (Fsp3) is 0.463. The number of aromatic nitrogens is 2. The lowest BCUT2D eigenvalue weighted by Crippen LogP contribution is -2.37. The van der Waals surface area contributed by atoms with Crippen LogP contribution in [0.5, 0.6) is 34.5 Å². The Morgan fingerprint density at radius 3 is 2.52 bits per heavy atom. The monoisotopic (exact) mass is 1280 g/mol. The number of methoxy groups -OCH3 is 1. The first kappa shape index (κ1) is 63.9. The highest BCUT2D eigenvalue weighted by Gasteiger charge is 2.57. The van der Waals surface area contributed by atoms with Crippen LogP contribution in [0.3, 0.4) is 0 Å². The molecule has 14 rings (SSSR count). The number of benzene rings is 4. The van der Waals surface area contributed by atoms with Gasteiger partial charge in [-0.15, -0.1) is 0 Å². The third kappa shape index (κ3) is 12.3. The fourth-order valence-electron chi connectivity index (χ4n) is 18.8. The lowest BCUT2D eigenvalue weighted by Gasteiger charge is -2.43. The van der Waals surface area contributed by atoms with Gasteiger partial charge in [-0.3, -0.25) is 14.4 Å². The number of allylic oxidation sites excluding steroid dienone is 6. The molecule has 95 heavy (non-hydrogen) atoms. The molecule has 6 aliphatic carbocycles. The van der Waals surface area contributed by atoms with Gasteiger partial charge in [0.05, 0.1) is 30.9 Å². The second-order valence-corrected chi connectivity index (χ2v) is 29.1. The maximum atomic E-state index is 15.8. The van der Waals surface area contributed by atoms with E-state index in [9.17, 15) is 35.1 Å². The number of aromatic amines is 1. The third-order valence-corrected chi connectivity index (χ3v) is 23.4. The van der Waals surface area contributed by atoms with Crippen LogP contribution < -0.4 is 19.7 Å². The number of aliphatic hydroxyl groups is 2. The zero-order valence-corrected chi connectivity index (χ0v) is 55.0. The molecule has 496 valence electrons. The zero-order valence-electron chi connectivity index (χ0n) is 55.0. The molecule has 15 nitrogen and oxygen atoms in total. The first-order valence-corrected chi connectivity index (χ1v) is 34.8. The highest BCUT2D eigenvalue weighted by molar-refractivity contribution is 6.00. The van der Waals surface area contributed by atoms with Crippen molar-refractivity contribution in [2.75, 3.05) is 31.7 Å². The molecule has 10 atom stereocenters. The number of nitrogens with one attached hydrogen (secondary N) is 2. The Bertz CT molecular complexity index is 4150. The molecule has 3 spiro atoms. The average Bonchev–Trinajstić information content (AvgIpc) is 1.57. The summed E-state index contributed by atoms with van der Waals surface area (Å²) < 4.78 is 20.9. The first-order chi connectivity index (χ1) is 46.0. The van der Waals surface area contributed by atoms with E-state index in [0.717, 1.165) is 133 Å². The number of ether oxygens (including phenoxy) is 3. The molecular weight excluding hydrogens is 1190 g/mol. The van der Waals surface area contributed by atoms with E-state index in [0.29, 0.717) is 56.7 Å². The van der Waals surface area contributed by atoms with Crippen molar-refractivity contribution in [3.63, 3.8) is 0 Å². The van der Waals surface area contributed by atoms with Crippen molar-refractivity contribution >= 4 is 34.0 Å². The summed E-state index contributed by atoms with van der Waals surface area (Å²) in [6.07, 6.45) is 29.7. The smallest absolute Gasteiger partial charge is 0.302 e. The van der Waals surface area contributed by atoms with Gasteiger partial charge in [-0.05, 0) is 189 Å². The summed E-state index contributed by atoms with van der Waals surface area (Å²) in [7, 11) is 1.50. The number of dihydropyridines is 1. The van der Waals surface area contributed by atoms with Gasteiger partial charge < -0.3 is 59.5 Å². The van der Waals surface area contributed by atoms with Crippen LogP contribution in [-0.2, 0) is 32.0 Å². The van der Waals surface area contributed by atoms with Crippen molar-refractivity contribution in [1.29, 1.82) is 0 Å². The molecule has 0 saturated heterocycles. The van der Waals surface area contributed by atoms with Crippen molar-refractivity contribution in [1.82, 2.24) is 14.9 Å². The summed E-state index contributed by atoms with van der Waals surface area (Å²) in [4.78, 5) is 49.6. The Morgan fingerprint density at radius 1 is 0.884 bits per heavy atom. The SMILES string of the molecule is COc1cc([C@H]2CC(=O)C[C@H](OC(C)=O)CC[C@@]34Cc5c[nH]cc5[C@H](C#CCC3=CC=C[C@@H]4C)[C@H](c3cccc(O)c3)C3=CCNC(=C3)N(CCC(=O)C3CCCC3)c3ccc4c5c(n2cc35)C[C@]2(CC[C@@]3(CC[C@H](CCCO)C3)C2)[C@@H]4O)cc(O)c1Oc1cccc(O)c1. The fourth-order valence-corrected chi connectivity index (χ4v) is 18.8. The normalized spacial score (nSPS) is 28.1. The summed E-state index contributed by atoms with van der Waals surface area (Å²) >= 11 is 0. The Labute approximate surface area is 557 Å². The minimum Gasteiger partial charge on any atom is -0.508 e. The van der Waals surface area contributed by atoms with Gasteiger partial charge in [0.2, 0.25) is 5.75 Å². The van der Waals surface area contributed by atoms with Crippen molar-refractivity contribution in [2.45, 2.75) is 172 Å². The largest absolute Gasteiger partial charge is 0.508 e. The lowest BCUT2D eigenvalue weighted by atomic mass is 9.61. The number of carbonyl (C=O) groups excluding carboxylic acids is 3. The maximum Gasteiger partial charge on any atom is 0.302 e. The molecule has 3 fully saturated rings. The molecule has 4 aromatic carbocycles. The molecule has 8 aliphatic rings. The number of H-pyrrole nitrogens is 1. The Morgan fingerprint density at radius 2 is 1.72 bits per heavy atom. The van der Waals surface area contributed by atoms with Crippen LogP contribution in [0.4, 0.5) is 5.69 Å². The topological polar surface area (TPSA) is 216 Å². The summed E-state index contributed by atoms with van der Waals surface area (Å²) in [6, 6.07) is 20.7. The molecule has 0 unspecified atom stereocenters. The van der Waals surface area contributed by atoms with E-state index in [1.165, 1.54) is 31.7 Å². The average molecular weight is 1280 g/mol. The van der Waals surface area contributed by atoms with Crippen LogP contribution in [0, 0.1) is 45.8 Å². The molecule has 6 bridgehead atoms. The second-order valence-electron chi connectivity index (χ2n) is 29.1. The number of Topliss-reactive ketones (excluding diaryl/α,β-unsaturated/α-hetero) is 2. The van der Waals surface area contributed by atoms with Crippen LogP contribution in [0.2, 0.25) is 0 Å². The van der Waals surface area contributed by atoms with Crippen molar-refractivity contribution in [2.24, 2.45) is 34.0 Å². The van der Waals surface area contributed by atoms with Crippen molar-refractivity contribution < 1.29 is 54.1 Å². The van der Waals surface area contributed by atoms with Gasteiger partial charge in [0.25, 0.3) is 0 Å². The van der Waals surface area contributed by atoms with Gasteiger partial charge in [0.15, 0.2) is 11.5 Å². The van der Waals surface area contributed by atoms with E-state index in [-0.39, 0.29) is 101 Å². The summed E-state index contributed by atoms with van der Waals surface area (Å²) in [5.41, 5.74) is 7.29.